The Kier molecular flexibility index (Phi) is 2.69. The maximum Gasteiger partial charge on any atom is 0.154 e. The molecule has 4 nitrogen and oxygen atoms in total. The first-order valence-electron chi connectivity index (χ1n) is 6.85. The van der Waals surface area contributed by atoms with Crippen LogP contribution in [-0.4, -0.2) is 20.3 Å². The molecule has 4 heteroatoms. The molecule has 0 atom stereocenters. The molecule has 0 aromatic carbocycles. The highest BCUT2D eigenvalue weighted by Gasteiger charge is 2.34. The Labute approximate surface area is 103 Å². The molecule has 0 unspecified atom stereocenters. The van der Waals surface area contributed by atoms with E-state index in [0.717, 1.165) is 30.9 Å². The highest BCUT2D eigenvalue weighted by molar-refractivity contribution is 5.07. The zero-order valence-electron chi connectivity index (χ0n) is 10.7. The first-order valence-corrected chi connectivity index (χ1v) is 6.85. The lowest BCUT2D eigenvalue weighted by molar-refractivity contribution is 0.241. The van der Waals surface area contributed by atoms with Gasteiger partial charge in [-0.15, -0.1) is 0 Å². The quantitative estimate of drug-likeness (QED) is 0.869. The topological polar surface area (TPSA) is 56.7 Å². The van der Waals surface area contributed by atoms with Gasteiger partial charge < -0.3 is 5.73 Å². The second-order valence-electron chi connectivity index (χ2n) is 5.88. The third-order valence-corrected chi connectivity index (χ3v) is 4.45. The Bertz CT molecular complexity index is 400. The number of rotatable bonds is 3. The van der Waals surface area contributed by atoms with Gasteiger partial charge in [-0.25, -0.2) is 4.98 Å². The monoisotopic (exact) mass is 234 g/mol. The van der Waals surface area contributed by atoms with Gasteiger partial charge in [0.2, 0.25) is 0 Å². The van der Waals surface area contributed by atoms with Crippen LogP contribution in [0.5, 0.6) is 0 Å². The Hall–Kier alpha value is -0.900. The van der Waals surface area contributed by atoms with Crippen molar-refractivity contribution in [1.29, 1.82) is 0 Å². The van der Waals surface area contributed by atoms with Crippen LogP contribution >= 0.6 is 0 Å². The summed E-state index contributed by atoms with van der Waals surface area (Å²) in [6, 6.07) is 0. The molecule has 2 aliphatic rings. The molecular weight excluding hydrogens is 212 g/mol. The average molecular weight is 234 g/mol. The molecule has 1 aromatic rings. The Balaban J connectivity index is 1.75. The highest BCUT2D eigenvalue weighted by Crippen LogP contribution is 2.34. The maximum absolute atomic E-state index is 6.29. The van der Waals surface area contributed by atoms with Crippen LogP contribution in [0.4, 0.5) is 0 Å². The molecule has 2 saturated carbocycles. The summed E-state index contributed by atoms with van der Waals surface area (Å²) in [5.41, 5.74) is 6.29. The van der Waals surface area contributed by atoms with Gasteiger partial charge in [-0.1, -0.05) is 12.8 Å². The standard InChI is InChI=1S/C13H22N4/c1-17-11(9-13(14)7-4-8-13)15-12(16-17)10-5-2-3-6-10/h10H,2-9,14H2,1H3. The minimum absolute atomic E-state index is 0.00768. The molecule has 2 fully saturated rings. The van der Waals surface area contributed by atoms with E-state index < -0.39 is 0 Å². The molecule has 0 aliphatic heterocycles. The fraction of sp³-hybridized carbons (Fsp3) is 0.846. The lowest BCUT2D eigenvalue weighted by atomic mass is 9.75. The molecule has 0 spiro atoms. The third kappa shape index (κ3) is 2.10. The normalized spacial score (nSPS) is 23.9. The Morgan fingerprint density at radius 1 is 1.29 bits per heavy atom. The van der Waals surface area contributed by atoms with Gasteiger partial charge in [-0.2, -0.15) is 5.10 Å². The Morgan fingerprint density at radius 3 is 2.59 bits per heavy atom. The zero-order valence-corrected chi connectivity index (χ0v) is 10.7. The lowest BCUT2D eigenvalue weighted by Crippen LogP contribution is -2.48. The Morgan fingerprint density at radius 2 is 2.00 bits per heavy atom. The maximum atomic E-state index is 6.29. The van der Waals surface area contributed by atoms with Crippen LogP contribution in [0.3, 0.4) is 0 Å². The van der Waals surface area contributed by atoms with Gasteiger partial charge in [0, 0.05) is 24.9 Å². The fourth-order valence-electron chi connectivity index (χ4n) is 3.07. The van der Waals surface area contributed by atoms with E-state index in [4.69, 9.17) is 10.7 Å². The van der Waals surface area contributed by atoms with Gasteiger partial charge in [-0.05, 0) is 32.1 Å². The second kappa shape index (κ2) is 4.09. The molecule has 3 rings (SSSR count). The van der Waals surface area contributed by atoms with Crippen LogP contribution < -0.4 is 5.73 Å². The van der Waals surface area contributed by atoms with E-state index in [2.05, 4.69) is 5.10 Å². The van der Waals surface area contributed by atoms with Crippen molar-refractivity contribution < 1.29 is 0 Å². The summed E-state index contributed by atoms with van der Waals surface area (Å²) in [6.45, 7) is 0. The van der Waals surface area contributed by atoms with Gasteiger partial charge in [0.1, 0.15) is 5.82 Å². The van der Waals surface area contributed by atoms with Crippen LogP contribution in [0.2, 0.25) is 0 Å². The summed E-state index contributed by atoms with van der Waals surface area (Å²) >= 11 is 0. The number of hydrogen-bond acceptors (Lipinski definition) is 3. The molecule has 2 aliphatic carbocycles. The molecule has 94 valence electrons. The summed E-state index contributed by atoms with van der Waals surface area (Å²) in [6.07, 6.45) is 9.62. The molecule has 17 heavy (non-hydrogen) atoms. The average Bonchev–Trinajstić information content (AvgIpc) is 2.86. The van der Waals surface area contributed by atoms with Crippen molar-refractivity contribution in [2.24, 2.45) is 12.8 Å². The van der Waals surface area contributed by atoms with Crippen molar-refractivity contribution in [1.82, 2.24) is 14.8 Å². The summed E-state index contributed by atoms with van der Waals surface area (Å²) in [7, 11) is 2.00. The minimum Gasteiger partial charge on any atom is -0.325 e. The van der Waals surface area contributed by atoms with E-state index in [1.807, 2.05) is 11.7 Å². The van der Waals surface area contributed by atoms with Gasteiger partial charge in [0.15, 0.2) is 5.82 Å². The van der Waals surface area contributed by atoms with Crippen molar-refractivity contribution >= 4 is 0 Å². The largest absolute Gasteiger partial charge is 0.325 e. The number of hydrogen-bond donors (Lipinski definition) is 1. The van der Waals surface area contributed by atoms with E-state index in [1.54, 1.807) is 0 Å². The van der Waals surface area contributed by atoms with Crippen LogP contribution in [0.25, 0.3) is 0 Å². The predicted molar refractivity (Wildman–Crippen MR) is 66.7 cm³/mol. The highest BCUT2D eigenvalue weighted by atomic mass is 15.3. The summed E-state index contributed by atoms with van der Waals surface area (Å²) in [4.78, 5) is 4.73. The molecule has 0 saturated heterocycles. The fourth-order valence-corrected chi connectivity index (χ4v) is 3.07. The molecule has 1 aromatic heterocycles. The number of nitrogens with zero attached hydrogens (tertiary/aromatic N) is 3. The minimum atomic E-state index is 0.00768. The first kappa shape index (κ1) is 11.2. The van der Waals surface area contributed by atoms with Gasteiger partial charge in [0.05, 0.1) is 0 Å². The number of aryl methyl sites for hydroxylation is 1. The predicted octanol–water partition coefficient (Wildman–Crippen LogP) is 1.90. The number of nitrogens with two attached hydrogens (primary N) is 1. The van der Waals surface area contributed by atoms with Crippen molar-refractivity contribution in [2.75, 3.05) is 0 Å². The summed E-state index contributed by atoms with van der Waals surface area (Å²) < 4.78 is 1.95. The second-order valence-corrected chi connectivity index (χ2v) is 5.88. The number of aromatic nitrogens is 3. The van der Waals surface area contributed by atoms with Gasteiger partial charge in [-0.3, -0.25) is 4.68 Å². The molecule has 0 amide bonds. The summed E-state index contributed by atoms with van der Waals surface area (Å²) in [5, 5.41) is 4.59. The van der Waals surface area contributed by atoms with E-state index in [1.165, 1.54) is 32.1 Å². The molecule has 1 heterocycles. The van der Waals surface area contributed by atoms with Crippen LogP contribution in [0.15, 0.2) is 0 Å². The van der Waals surface area contributed by atoms with Crippen LogP contribution in [0.1, 0.15) is 62.5 Å². The van der Waals surface area contributed by atoms with E-state index >= 15 is 0 Å². The first-order chi connectivity index (χ1) is 8.16. The van der Waals surface area contributed by atoms with E-state index in [9.17, 15) is 0 Å². The molecule has 0 bridgehead atoms. The third-order valence-electron chi connectivity index (χ3n) is 4.45. The van der Waals surface area contributed by atoms with Crippen LogP contribution in [0, 0.1) is 0 Å². The SMILES string of the molecule is Cn1nc(C2CCCC2)nc1CC1(N)CCC1. The van der Waals surface area contributed by atoms with Gasteiger partial charge in [0.25, 0.3) is 0 Å². The van der Waals surface area contributed by atoms with Gasteiger partial charge >= 0.3 is 0 Å². The van der Waals surface area contributed by atoms with Crippen molar-refractivity contribution in [3.05, 3.63) is 11.6 Å². The van der Waals surface area contributed by atoms with Crippen LogP contribution in [-0.2, 0) is 13.5 Å². The smallest absolute Gasteiger partial charge is 0.154 e. The zero-order chi connectivity index (χ0) is 11.9. The molecule has 0 radical (unpaired) electrons. The summed E-state index contributed by atoms with van der Waals surface area (Å²) in [5.74, 6) is 2.74. The molecular formula is C13H22N4. The van der Waals surface area contributed by atoms with Crippen molar-refractivity contribution in [3.63, 3.8) is 0 Å². The molecule has 2 N–H and O–H groups in total. The lowest BCUT2D eigenvalue weighted by Gasteiger charge is -2.37. The van der Waals surface area contributed by atoms with Crippen molar-refractivity contribution in [3.8, 4) is 0 Å². The van der Waals surface area contributed by atoms with E-state index in [0.29, 0.717) is 5.92 Å². The van der Waals surface area contributed by atoms with Crippen molar-refractivity contribution in [2.45, 2.75) is 62.8 Å². The van der Waals surface area contributed by atoms with E-state index in [-0.39, 0.29) is 5.54 Å².